The van der Waals surface area contributed by atoms with Crippen LogP contribution in [0.4, 0.5) is 13.2 Å². The number of hydrogen-bond donors (Lipinski definition) is 2. The fraction of sp³-hybridized carbons (Fsp3) is 0.333. The van der Waals surface area contributed by atoms with Crippen molar-refractivity contribution in [1.82, 2.24) is 29.5 Å². The number of benzene rings is 1. The first kappa shape index (κ1) is 27.7. The lowest BCUT2D eigenvalue weighted by molar-refractivity contribution is -0.196. The maximum absolute atomic E-state index is 13.9. The molecular weight excluding hydrogens is 605 g/mol. The molecule has 10 nitrogen and oxygen atoms in total. The predicted molar refractivity (Wildman–Crippen MR) is 136 cm³/mol. The first-order chi connectivity index (χ1) is 18.7. The van der Waals surface area contributed by atoms with Crippen molar-refractivity contribution in [2.75, 3.05) is 6.61 Å². The van der Waals surface area contributed by atoms with Crippen molar-refractivity contribution < 1.29 is 32.9 Å². The topological polar surface area (TPSA) is 120 Å². The Bertz CT molecular complexity index is 1440. The molecule has 1 saturated heterocycles. The average molecular weight is 627 g/mol. The molecule has 0 spiro atoms. The Morgan fingerprint density at radius 2 is 1.95 bits per heavy atom. The maximum atomic E-state index is 13.9. The summed E-state index contributed by atoms with van der Waals surface area (Å²) in [5, 5.41) is 29.3. The Hall–Kier alpha value is -2.82. The molecule has 1 aliphatic heterocycles. The van der Waals surface area contributed by atoms with Gasteiger partial charge >= 0.3 is 0 Å². The van der Waals surface area contributed by atoms with Crippen LogP contribution in [0.2, 0.25) is 0 Å². The summed E-state index contributed by atoms with van der Waals surface area (Å²) < 4.78 is 57.4. The third-order valence-electron chi connectivity index (χ3n) is 6.18. The summed E-state index contributed by atoms with van der Waals surface area (Å²) in [6.07, 6.45) is 4.79. The van der Waals surface area contributed by atoms with E-state index in [-0.39, 0.29) is 17.9 Å². The number of aliphatic hydroxyl groups is 2. The maximum Gasteiger partial charge on any atom is 0.194 e. The molecule has 0 radical (unpaired) electrons. The zero-order valence-electron chi connectivity index (χ0n) is 20.2. The van der Waals surface area contributed by atoms with Crippen LogP contribution in [0.15, 0.2) is 58.6 Å². The van der Waals surface area contributed by atoms with Gasteiger partial charge in [-0.25, -0.2) is 22.8 Å². The number of imidazole rings is 1. The number of aromatic nitrogens is 6. The first-order valence-corrected chi connectivity index (χ1v) is 13.3. The lowest BCUT2D eigenvalue weighted by Crippen LogP contribution is -2.55. The van der Waals surface area contributed by atoms with E-state index in [2.05, 4.69) is 36.2 Å². The number of aryl methyl sites for hydroxylation is 1. The minimum atomic E-state index is -1.60. The van der Waals surface area contributed by atoms with Crippen molar-refractivity contribution in [3.8, 4) is 11.3 Å². The zero-order chi connectivity index (χ0) is 27.7. The van der Waals surface area contributed by atoms with E-state index in [1.54, 1.807) is 36.4 Å². The molecule has 0 unspecified atom stereocenters. The van der Waals surface area contributed by atoms with Gasteiger partial charge in [-0.15, -0.1) is 5.10 Å². The predicted octanol–water partition coefficient (Wildman–Crippen LogP) is 3.25. The van der Waals surface area contributed by atoms with Gasteiger partial charge < -0.3 is 24.3 Å². The number of aliphatic hydroxyl groups excluding tert-OH is 2. The summed E-state index contributed by atoms with van der Waals surface area (Å²) >= 11 is 4.66. The van der Waals surface area contributed by atoms with E-state index in [0.29, 0.717) is 5.82 Å². The monoisotopic (exact) mass is 626 g/mol. The second kappa shape index (κ2) is 11.7. The highest BCUT2D eigenvalue weighted by Crippen LogP contribution is 2.40. The Labute approximate surface area is 232 Å². The molecule has 0 aliphatic carbocycles. The standard InChI is InChI=1S/C24H22BrF3N6O4S/c1-33-3-2-30-19(33)11-37-23-21(34-9-17(31-32-34)12-4-15(26)20(28)16(27)5-12)22(36)18(10-35)38-24(23)39-14-6-13(25)7-29-8-14/h2-9,18,21-24,35-36H,10-11H2,1H3/t18-,21+,22+,23-,24-/m1/s1. The van der Waals surface area contributed by atoms with Crippen molar-refractivity contribution in [3.05, 3.63) is 76.9 Å². The van der Waals surface area contributed by atoms with Gasteiger partial charge in [-0.1, -0.05) is 17.0 Å². The van der Waals surface area contributed by atoms with Crippen LogP contribution >= 0.6 is 27.7 Å². The second-order valence-corrected chi connectivity index (χ2v) is 10.8. The van der Waals surface area contributed by atoms with Gasteiger partial charge in [0.05, 0.1) is 12.8 Å². The van der Waals surface area contributed by atoms with Crippen LogP contribution in [-0.2, 0) is 23.1 Å². The van der Waals surface area contributed by atoms with Crippen LogP contribution in [0.25, 0.3) is 11.3 Å². The minimum Gasteiger partial charge on any atom is -0.394 e. The van der Waals surface area contributed by atoms with Crippen LogP contribution in [0.1, 0.15) is 11.9 Å². The van der Waals surface area contributed by atoms with Gasteiger partial charge in [0.15, 0.2) is 17.5 Å². The van der Waals surface area contributed by atoms with Gasteiger partial charge in [-0.2, -0.15) is 0 Å². The van der Waals surface area contributed by atoms with E-state index in [0.717, 1.165) is 21.5 Å². The molecule has 5 atom stereocenters. The fourth-order valence-electron chi connectivity index (χ4n) is 4.19. The Morgan fingerprint density at radius 1 is 1.18 bits per heavy atom. The molecule has 3 aromatic heterocycles. The van der Waals surface area contributed by atoms with Gasteiger partial charge in [-0.05, 0) is 34.1 Å². The van der Waals surface area contributed by atoms with Gasteiger partial charge in [0.25, 0.3) is 0 Å². The summed E-state index contributed by atoms with van der Waals surface area (Å²) in [7, 11) is 1.81. The van der Waals surface area contributed by atoms with Gasteiger partial charge in [-0.3, -0.25) is 4.98 Å². The minimum absolute atomic E-state index is 0.0373. The molecule has 0 amide bonds. The van der Waals surface area contributed by atoms with E-state index < -0.39 is 53.8 Å². The largest absolute Gasteiger partial charge is 0.394 e. The summed E-state index contributed by atoms with van der Waals surface area (Å²) in [6.45, 7) is -0.457. The molecule has 39 heavy (non-hydrogen) atoms. The lowest BCUT2D eigenvalue weighted by atomic mass is 9.97. The number of nitrogens with zero attached hydrogens (tertiary/aromatic N) is 6. The Morgan fingerprint density at radius 3 is 2.62 bits per heavy atom. The third-order valence-corrected chi connectivity index (χ3v) is 7.72. The number of thioether (sulfide) groups is 1. The number of hydrogen-bond acceptors (Lipinski definition) is 9. The molecule has 5 rings (SSSR count). The SMILES string of the molecule is Cn1ccnc1CO[C@@H]1[C@@H](n2cc(-c3cc(F)c(F)c(F)c3)nn2)[C@@H](O)[C@@H](CO)O[C@@H]1Sc1cncc(Br)c1. The molecule has 2 N–H and O–H groups in total. The molecule has 0 saturated carbocycles. The van der Waals surface area contributed by atoms with Gasteiger partial charge in [0, 0.05) is 46.8 Å². The summed E-state index contributed by atoms with van der Waals surface area (Å²) in [4.78, 5) is 9.17. The van der Waals surface area contributed by atoms with Crippen molar-refractivity contribution >= 4 is 27.7 Å². The van der Waals surface area contributed by atoms with Crippen molar-refractivity contribution in [3.63, 3.8) is 0 Å². The fourth-order valence-corrected chi connectivity index (χ4v) is 5.86. The normalized spacial score (nSPS) is 23.3. The van der Waals surface area contributed by atoms with Crippen LogP contribution in [0.3, 0.4) is 0 Å². The highest BCUT2D eigenvalue weighted by atomic mass is 79.9. The van der Waals surface area contributed by atoms with Gasteiger partial charge in [0.2, 0.25) is 0 Å². The quantitative estimate of drug-likeness (QED) is 0.284. The summed E-state index contributed by atoms with van der Waals surface area (Å²) in [5.41, 5.74) is -0.773. The summed E-state index contributed by atoms with van der Waals surface area (Å²) in [6, 6.07) is 2.48. The van der Waals surface area contributed by atoms with E-state index in [1.807, 2.05) is 6.07 Å². The molecule has 206 valence electrons. The van der Waals surface area contributed by atoms with E-state index >= 15 is 0 Å². The van der Waals surface area contributed by atoms with Crippen molar-refractivity contribution in [2.45, 2.75) is 41.3 Å². The smallest absolute Gasteiger partial charge is 0.194 e. The Balaban J connectivity index is 1.52. The number of rotatable bonds is 8. The van der Waals surface area contributed by atoms with Crippen LogP contribution < -0.4 is 0 Å². The van der Waals surface area contributed by atoms with Crippen molar-refractivity contribution in [1.29, 1.82) is 0 Å². The molecule has 1 aliphatic rings. The second-order valence-electron chi connectivity index (χ2n) is 8.73. The highest BCUT2D eigenvalue weighted by Gasteiger charge is 2.48. The Kier molecular flexibility index (Phi) is 8.35. The molecule has 4 heterocycles. The van der Waals surface area contributed by atoms with Crippen LogP contribution in [0, 0.1) is 17.5 Å². The number of pyridine rings is 1. The van der Waals surface area contributed by atoms with E-state index in [9.17, 15) is 23.4 Å². The molecule has 1 aromatic carbocycles. The van der Waals surface area contributed by atoms with Crippen LogP contribution in [-0.4, -0.2) is 70.1 Å². The van der Waals surface area contributed by atoms with Crippen LogP contribution in [0.5, 0.6) is 0 Å². The zero-order valence-corrected chi connectivity index (χ0v) is 22.6. The average Bonchev–Trinajstić information content (AvgIpc) is 3.56. The third kappa shape index (κ3) is 5.88. The molecular formula is C24H22BrF3N6O4S. The summed E-state index contributed by atoms with van der Waals surface area (Å²) in [5.74, 6) is -3.74. The number of halogens is 4. The van der Waals surface area contributed by atoms with E-state index in [1.165, 1.54) is 22.6 Å². The van der Waals surface area contributed by atoms with Crippen molar-refractivity contribution in [2.24, 2.45) is 7.05 Å². The number of ether oxygens (including phenoxy) is 2. The first-order valence-electron chi connectivity index (χ1n) is 11.6. The molecule has 4 aromatic rings. The highest BCUT2D eigenvalue weighted by molar-refractivity contribution is 9.10. The molecule has 15 heteroatoms. The van der Waals surface area contributed by atoms with Gasteiger partial charge in [0.1, 0.15) is 47.9 Å². The lowest BCUT2D eigenvalue weighted by Gasteiger charge is -2.43. The van der Waals surface area contributed by atoms with E-state index in [4.69, 9.17) is 9.47 Å². The molecule has 1 fully saturated rings. The molecule has 0 bridgehead atoms.